The molecule has 3 heterocycles. The van der Waals surface area contributed by atoms with Crippen molar-refractivity contribution in [3.05, 3.63) is 23.3 Å². The number of fused-ring (bicyclic) bond motifs is 3. The molecule has 56 heavy (non-hydrogen) atoms. The SMILES string of the molecule is CCC1/C=C(\C)CC(C)CC(OC)C2OC(O)(C(=O)C(=O)N3CCCCC3C(=O)OC(C(C)=CC3CCC(OO)C(OO)C3)C(C)CCC1=O)C(C)CC2OC. The highest BCUT2D eigenvalue weighted by molar-refractivity contribution is 6.39. The zero-order valence-electron chi connectivity index (χ0n) is 34.6. The van der Waals surface area contributed by atoms with Crippen LogP contribution in [-0.4, -0.2) is 113 Å². The molecular weight excluding hydrogens is 726 g/mol. The summed E-state index contributed by atoms with van der Waals surface area (Å²) in [6.07, 6.45) is 5.36. The predicted octanol–water partition coefficient (Wildman–Crippen LogP) is 5.84. The number of esters is 1. The summed E-state index contributed by atoms with van der Waals surface area (Å²) in [4.78, 5) is 66.7. The number of allylic oxidation sites excluding steroid dienone is 3. The van der Waals surface area contributed by atoms with Gasteiger partial charge in [-0.15, -0.1) is 0 Å². The third-order valence-electron chi connectivity index (χ3n) is 12.7. The molecule has 1 aliphatic carbocycles. The number of amides is 1. The van der Waals surface area contributed by atoms with Crippen molar-refractivity contribution in [1.82, 2.24) is 4.90 Å². The Balaban J connectivity index is 1.73. The van der Waals surface area contributed by atoms with Crippen LogP contribution in [0.5, 0.6) is 0 Å². The Bertz CT molecular complexity index is 1420. The number of nitrogens with zero attached hydrogens (tertiary/aromatic N) is 1. The van der Waals surface area contributed by atoms with Gasteiger partial charge in [-0.3, -0.25) is 24.9 Å². The number of aliphatic hydroxyl groups is 1. The maximum absolute atomic E-state index is 14.2. The van der Waals surface area contributed by atoms with Crippen LogP contribution in [0.4, 0.5) is 0 Å². The van der Waals surface area contributed by atoms with Crippen molar-refractivity contribution in [2.75, 3.05) is 20.8 Å². The maximum Gasteiger partial charge on any atom is 0.329 e. The summed E-state index contributed by atoms with van der Waals surface area (Å²) >= 11 is 0. The number of methoxy groups -OCH3 is 2. The first-order chi connectivity index (χ1) is 26.6. The first-order valence-electron chi connectivity index (χ1n) is 20.6. The van der Waals surface area contributed by atoms with E-state index >= 15 is 0 Å². The molecule has 0 aromatic carbocycles. The highest BCUT2D eigenvalue weighted by Crippen LogP contribution is 2.39. The normalized spacial score (nSPS) is 40.2. The van der Waals surface area contributed by atoms with E-state index in [9.17, 15) is 34.8 Å². The smallest absolute Gasteiger partial charge is 0.329 e. The quantitative estimate of drug-likeness (QED) is 0.0918. The van der Waals surface area contributed by atoms with E-state index in [1.165, 1.54) is 12.0 Å². The van der Waals surface area contributed by atoms with E-state index in [0.29, 0.717) is 57.8 Å². The number of ether oxygens (including phenoxy) is 4. The summed E-state index contributed by atoms with van der Waals surface area (Å²) < 4.78 is 24.3. The minimum Gasteiger partial charge on any atom is -0.456 e. The number of hydrogen-bond donors (Lipinski definition) is 3. The second-order valence-electron chi connectivity index (χ2n) is 17.0. The van der Waals surface area contributed by atoms with Crippen LogP contribution in [0.1, 0.15) is 119 Å². The largest absolute Gasteiger partial charge is 0.456 e. The molecule has 14 heteroatoms. The number of carbonyl (C=O) groups is 4. The van der Waals surface area contributed by atoms with Gasteiger partial charge in [-0.2, -0.15) is 0 Å². The van der Waals surface area contributed by atoms with Crippen molar-refractivity contribution < 1.29 is 63.5 Å². The van der Waals surface area contributed by atoms with Crippen LogP contribution in [0.2, 0.25) is 0 Å². The molecule has 1 amide bonds. The van der Waals surface area contributed by atoms with Gasteiger partial charge in [0.2, 0.25) is 5.79 Å². The Morgan fingerprint density at radius 1 is 0.929 bits per heavy atom. The van der Waals surface area contributed by atoms with E-state index in [2.05, 4.69) is 16.7 Å². The number of carbonyl (C=O) groups excluding carboxylic acids is 4. The van der Waals surface area contributed by atoms with Crippen LogP contribution < -0.4 is 0 Å². The first kappa shape index (κ1) is 46.1. The predicted molar refractivity (Wildman–Crippen MR) is 205 cm³/mol. The van der Waals surface area contributed by atoms with Gasteiger partial charge >= 0.3 is 5.97 Å². The van der Waals surface area contributed by atoms with E-state index in [-0.39, 0.29) is 55.3 Å². The summed E-state index contributed by atoms with van der Waals surface area (Å²) in [5.74, 6) is -6.67. The van der Waals surface area contributed by atoms with Gasteiger partial charge in [0.15, 0.2) is 0 Å². The Hall–Kier alpha value is -2.56. The van der Waals surface area contributed by atoms with Crippen molar-refractivity contribution in [1.29, 1.82) is 0 Å². The van der Waals surface area contributed by atoms with Gasteiger partial charge < -0.3 is 29.0 Å². The number of Topliss-reactive ketones (excluding diaryl/α,β-unsaturated/α-hetero) is 2. The third-order valence-corrected chi connectivity index (χ3v) is 12.7. The molecule has 2 bridgehead atoms. The fourth-order valence-corrected chi connectivity index (χ4v) is 9.36. The molecule has 3 aliphatic heterocycles. The van der Waals surface area contributed by atoms with Crippen LogP contribution in [0.3, 0.4) is 0 Å². The standard InChI is InChI=1S/C42H67NO13/c1-9-30-19-24(2)18-25(3)20-35(51-7)38-36(52-8)22-28(6)42(48,54-38)39(45)40(46)43-17-11-10-12-31(43)41(47)53-37(26(4)13-15-32(30)44)27(5)21-29-14-16-33(55-49)34(23-29)56-50/h19,21,25-26,28-31,33-38,48-50H,9-18,20,22-23H2,1-8H3/b24-19+,27-21?. The van der Waals surface area contributed by atoms with Crippen molar-refractivity contribution in [3.8, 4) is 0 Å². The van der Waals surface area contributed by atoms with Crippen molar-refractivity contribution in [2.45, 2.75) is 167 Å². The molecule has 1 saturated carbocycles. The van der Waals surface area contributed by atoms with Gasteiger partial charge in [0.05, 0.1) is 12.2 Å². The van der Waals surface area contributed by atoms with Gasteiger partial charge in [0, 0.05) is 39.0 Å². The van der Waals surface area contributed by atoms with Crippen LogP contribution in [0.15, 0.2) is 23.3 Å². The van der Waals surface area contributed by atoms with E-state index in [1.807, 2.05) is 39.8 Å². The average Bonchev–Trinajstić information content (AvgIpc) is 3.19. The lowest BCUT2D eigenvalue weighted by Gasteiger charge is -2.47. The monoisotopic (exact) mass is 793 g/mol. The molecule has 318 valence electrons. The van der Waals surface area contributed by atoms with Crippen LogP contribution in [0, 0.1) is 29.6 Å². The Morgan fingerprint density at radius 3 is 2.25 bits per heavy atom. The molecule has 0 spiro atoms. The highest BCUT2D eigenvalue weighted by Gasteiger charge is 2.56. The number of hydrogen-bond acceptors (Lipinski definition) is 13. The van der Waals surface area contributed by atoms with E-state index in [1.54, 1.807) is 14.0 Å². The van der Waals surface area contributed by atoms with Crippen LogP contribution in [0.25, 0.3) is 0 Å². The zero-order valence-corrected chi connectivity index (χ0v) is 34.6. The molecule has 13 unspecified atom stereocenters. The van der Waals surface area contributed by atoms with Crippen LogP contribution >= 0.6 is 0 Å². The molecule has 13 atom stereocenters. The number of rotatable bonds is 7. The highest BCUT2D eigenvalue weighted by atomic mass is 17.1. The Labute approximate surface area is 332 Å². The van der Waals surface area contributed by atoms with Crippen molar-refractivity contribution in [3.63, 3.8) is 0 Å². The van der Waals surface area contributed by atoms with Gasteiger partial charge in [-0.1, -0.05) is 45.4 Å². The van der Waals surface area contributed by atoms with E-state index in [4.69, 9.17) is 18.9 Å². The average molecular weight is 794 g/mol. The lowest BCUT2D eigenvalue weighted by atomic mass is 9.82. The van der Waals surface area contributed by atoms with Crippen LogP contribution in [-0.2, 0) is 47.9 Å². The molecule has 14 nitrogen and oxygen atoms in total. The van der Waals surface area contributed by atoms with Gasteiger partial charge in [-0.05, 0) is 108 Å². The lowest BCUT2D eigenvalue weighted by Crippen LogP contribution is -2.64. The van der Waals surface area contributed by atoms with Crippen molar-refractivity contribution in [2.24, 2.45) is 29.6 Å². The molecular formula is C42H67NO13. The molecule has 0 aromatic heterocycles. The molecule has 2 saturated heterocycles. The lowest BCUT2D eigenvalue weighted by molar-refractivity contribution is -0.362. The number of cyclic esters (lactones) is 1. The molecule has 4 aliphatic rings. The minimum atomic E-state index is -2.49. The summed E-state index contributed by atoms with van der Waals surface area (Å²) in [6.45, 7) is 11.6. The van der Waals surface area contributed by atoms with Gasteiger partial charge in [0.1, 0.15) is 36.2 Å². The zero-order chi connectivity index (χ0) is 41.3. The molecule has 0 radical (unpaired) electrons. The maximum atomic E-state index is 14.2. The second-order valence-corrected chi connectivity index (χ2v) is 17.0. The summed E-state index contributed by atoms with van der Waals surface area (Å²) in [5, 5.41) is 30.7. The summed E-state index contributed by atoms with van der Waals surface area (Å²) in [5.41, 5.74) is 1.78. The Kier molecular flexibility index (Phi) is 17.2. The molecule has 0 aromatic rings. The van der Waals surface area contributed by atoms with Gasteiger partial charge in [0.25, 0.3) is 11.7 Å². The fraction of sp³-hybridized carbons (Fsp3) is 0.810. The summed E-state index contributed by atoms with van der Waals surface area (Å²) in [7, 11) is 3.08. The van der Waals surface area contributed by atoms with E-state index < -0.39 is 72.0 Å². The van der Waals surface area contributed by atoms with E-state index in [0.717, 1.165) is 11.1 Å². The Morgan fingerprint density at radius 2 is 1.61 bits per heavy atom. The topological polar surface area (TPSA) is 188 Å². The number of piperidine rings is 1. The van der Waals surface area contributed by atoms with Crippen molar-refractivity contribution >= 4 is 23.4 Å². The summed E-state index contributed by atoms with van der Waals surface area (Å²) in [6, 6.07) is -1.09. The minimum absolute atomic E-state index is 0.0713. The molecule has 4 rings (SSSR count). The molecule has 3 fully saturated rings. The molecule has 3 N–H and O–H groups in total. The fourth-order valence-electron chi connectivity index (χ4n) is 9.36. The van der Waals surface area contributed by atoms with Gasteiger partial charge in [-0.25, -0.2) is 14.6 Å². The second kappa shape index (κ2) is 20.9. The first-order valence-corrected chi connectivity index (χ1v) is 20.6. The third kappa shape index (κ3) is 10.9. The number of ketones is 2.